The number of thiazole rings is 1. The second kappa shape index (κ2) is 8.79. The molecule has 0 unspecified atom stereocenters. The van der Waals surface area contributed by atoms with Crippen LogP contribution in [-0.4, -0.2) is 29.2 Å². The summed E-state index contributed by atoms with van der Waals surface area (Å²) in [4.78, 5) is 35.0. The van der Waals surface area contributed by atoms with E-state index in [4.69, 9.17) is 9.47 Å². The molecule has 2 aromatic heterocycles. The summed E-state index contributed by atoms with van der Waals surface area (Å²) < 4.78 is 12.8. The third kappa shape index (κ3) is 3.66. The molecule has 1 atom stereocenters. The van der Waals surface area contributed by atoms with Crippen LogP contribution in [0.25, 0.3) is 17.0 Å². The zero-order valence-corrected chi connectivity index (χ0v) is 19.8. The number of carbonyl (C=O) groups excluding carboxylic acids is 1. The molecule has 0 saturated carbocycles. The van der Waals surface area contributed by atoms with E-state index < -0.39 is 12.0 Å². The van der Waals surface area contributed by atoms with Gasteiger partial charge in [0.05, 0.1) is 35.6 Å². The number of hydrogen-bond donors (Lipinski definition) is 1. The van der Waals surface area contributed by atoms with Gasteiger partial charge in [-0.25, -0.2) is 9.79 Å². The van der Waals surface area contributed by atoms with E-state index in [-0.39, 0.29) is 12.2 Å². The van der Waals surface area contributed by atoms with E-state index in [1.54, 1.807) is 25.5 Å². The van der Waals surface area contributed by atoms with Crippen molar-refractivity contribution in [1.82, 2.24) is 9.55 Å². The number of allylic oxidation sites excluding steroid dienone is 1. The van der Waals surface area contributed by atoms with Crippen LogP contribution < -0.4 is 19.6 Å². The Labute approximate surface area is 199 Å². The highest BCUT2D eigenvalue weighted by Crippen LogP contribution is 2.31. The number of fused-ring (bicyclic) bond motifs is 2. The Kier molecular flexibility index (Phi) is 5.67. The number of methoxy groups -OCH3 is 1. The number of aromatic nitrogens is 2. The van der Waals surface area contributed by atoms with E-state index in [9.17, 15) is 9.59 Å². The highest BCUT2D eigenvalue weighted by Gasteiger charge is 2.33. The zero-order valence-electron chi connectivity index (χ0n) is 19.0. The second-order valence-corrected chi connectivity index (χ2v) is 8.87. The SMILES string of the molecule is CCOC(=O)C1=C(C)N=c2s/c(=C/c3c[nH]c4ccccc34)c(=O)n2[C@@H]1c1ccc(OC)cc1. The smallest absolute Gasteiger partial charge is 0.338 e. The van der Waals surface area contributed by atoms with Crippen LogP contribution in [0.1, 0.15) is 31.0 Å². The van der Waals surface area contributed by atoms with Crippen molar-refractivity contribution in [3.8, 4) is 5.75 Å². The number of nitrogens with one attached hydrogen (secondary N) is 1. The first-order chi connectivity index (χ1) is 16.5. The van der Waals surface area contributed by atoms with E-state index in [1.165, 1.54) is 11.3 Å². The predicted octanol–water partition coefficient (Wildman–Crippen LogP) is 3.29. The summed E-state index contributed by atoms with van der Waals surface area (Å²) in [5.74, 6) is 0.212. The largest absolute Gasteiger partial charge is 0.497 e. The number of benzene rings is 2. The lowest BCUT2D eigenvalue weighted by Gasteiger charge is -2.24. The summed E-state index contributed by atoms with van der Waals surface area (Å²) in [7, 11) is 1.59. The minimum atomic E-state index is -0.647. The van der Waals surface area contributed by atoms with Crippen LogP contribution in [0.2, 0.25) is 0 Å². The van der Waals surface area contributed by atoms with Crippen molar-refractivity contribution in [2.45, 2.75) is 19.9 Å². The number of carbonyl (C=O) groups is 1. The Morgan fingerprint density at radius 3 is 2.71 bits per heavy atom. The fourth-order valence-corrected chi connectivity index (χ4v) is 5.29. The minimum Gasteiger partial charge on any atom is -0.497 e. The number of hydrogen-bond acceptors (Lipinski definition) is 6. The van der Waals surface area contributed by atoms with E-state index in [1.807, 2.05) is 60.8 Å². The van der Waals surface area contributed by atoms with Gasteiger partial charge in [0.1, 0.15) is 5.75 Å². The van der Waals surface area contributed by atoms with Crippen LogP contribution in [0.3, 0.4) is 0 Å². The molecule has 0 amide bonds. The number of aromatic amines is 1. The van der Waals surface area contributed by atoms with Crippen molar-refractivity contribution in [2.24, 2.45) is 4.99 Å². The van der Waals surface area contributed by atoms with Crippen molar-refractivity contribution in [3.05, 3.63) is 96.8 Å². The third-order valence-corrected chi connectivity index (χ3v) is 6.84. The van der Waals surface area contributed by atoms with Crippen LogP contribution in [0.15, 0.2) is 75.8 Å². The van der Waals surface area contributed by atoms with Crippen molar-refractivity contribution in [1.29, 1.82) is 0 Å². The molecule has 4 aromatic rings. The number of nitrogens with zero attached hydrogens (tertiary/aromatic N) is 2. The van der Waals surface area contributed by atoms with Crippen LogP contribution in [0, 0.1) is 0 Å². The first kappa shape index (κ1) is 21.9. The Hall–Kier alpha value is -3.91. The summed E-state index contributed by atoms with van der Waals surface area (Å²) in [5.41, 5.74) is 3.39. The van der Waals surface area contributed by atoms with Crippen molar-refractivity contribution in [3.63, 3.8) is 0 Å². The molecule has 2 aromatic carbocycles. The van der Waals surface area contributed by atoms with Crippen LogP contribution in [-0.2, 0) is 9.53 Å². The normalized spacial score (nSPS) is 15.9. The topological polar surface area (TPSA) is 85.7 Å². The van der Waals surface area contributed by atoms with Gasteiger partial charge in [-0.1, -0.05) is 41.7 Å². The summed E-state index contributed by atoms with van der Waals surface area (Å²) in [5, 5.41) is 1.03. The summed E-state index contributed by atoms with van der Waals surface area (Å²) in [6.45, 7) is 3.77. The highest BCUT2D eigenvalue weighted by molar-refractivity contribution is 7.07. The van der Waals surface area contributed by atoms with E-state index >= 15 is 0 Å². The van der Waals surface area contributed by atoms with Crippen LogP contribution in [0.5, 0.6) is 5.75 Å². The Morgan fingerprint density at radius 2 is 1.97 bits per heavy atom. The van der Waals surface area contributed by atoms with Gasteiger partial charge in [0.15, 0.2) is 4.80 Å². The average Bonchev–Trinajstić information content (AvgIpc) is 3.39. The molecule has 172 valence electrons. The van der Waals surface area contributed by atoms with Crippen molar-refractivity contribution >= 4 is 34.3 Å². The maximum Gasteiger partial charge on any atom is 0.338 e. The standard InChI is InChI=1S/C26H23N3O4S/c1-4-33-25(31)22-15(2)28-26-29(23(22)16-9-11-18(32-3)12-10-16)24(30)21(34-26)13-17-14-27-20-8-6-5-7-19(17)20/h5-14,23,27H,4H2,1-3H3/b21-13+/t23-/m1/s1. The Bertz CT molecular complexity index is 1610. The first-order valence-corrected chi connectivity index (χ1v) is 11.7. The second-order valence-electron chi connectivity index (χ2n) is 7.87. The highest BCUT2D eigenvalue weighted by atomic mass is 32.1. The molecular weight excluding hydrogens is 450 g/mol. The fourth-order valence-electron chi connectivity index (χ4n) is 4.25. The van der Waals surface area contributed by atoms with E-state index in [0.29, 0.717) is 26.4 Å². The van der Waals surface area contributed by atoms with E-state index in [2.05, 4.69) is 9.98 Å². The third-order valence-electron chi connectivity index (χ3n) is 5.86. The van der Waals surface area contributed by atoms with Gasteiger partial charge in [0.2, 0.25) is 0 Å². The molecule has 5 rings (SSSR count). The number of para-hydroxylation sites is 1. The molecule has 0 radical (unpaired) electrons. The van der Waals surface area contributed by atoms with Crippen LogP contribution in [0.4, 0.5) is 0 Å². The van der Waals surface area contributed by atoms with Gasteiger partial charge in [0.25, 0.3) is 5.56 Å². The van der Waals surface area contributed by atoms with E-state index in [0.717, 1.165) is 22.0 Å². The Morgan fingerprint density at radius 1 is 1.21 bits per heavy atom. The maximum absolute atomic E-state index is 13.7. The van der Waals surface area contributed by atoms with Gasteiger partial charge in [-0.15, -0.1) is 0 Å². The molecule has 1 N–H and O–H groups in total. The lowest BCUT2D eigenvalue weighted by Crippen LogP contribution is -2.39. The summed E-state index contributed by atoms with van der Waals surface area (Å²) in [6, 6.07) is 14.6. The van der Waals surface area contributed by atoms with Gasteiger partial charge in [-0.2, -0.15) is 0 Å². The number of esters is 1. The van der Waals surface area contributed by atoms with Gasteiger partial charge >= 0.3 is 5.97 Å². The molecule has 34 heavy (non-hydrogen) atoms. The Balaban J connectivity index is 1.73. The van der Waals surface area contributed by atoms with Crippen molar-refractivity contribution in [2.75, 3.05) is 13.7 Å². The molecule has 3 heterocycles. The molecule has 0 spiro atoms. The fraction of sp³-hybridized carbons (Fsp3) is 0.192. The maximum atomic E-state index is 13.7. The molecule has 0 bridgehead atoms. The molecule has 0 aliphatic carbocycles. The number of H-pyrrole nitrogens is 1. The van der Waals surface area contributed by atoms with Gasteiger partial charge in [-0.3, -0.25) is 9.36 Å². The van der Waals surface area contributed by atoms with Gasteiger partial charge < -0.3 is 14.5 Å². The lowest BCUT2D eigenvalue weighted by molar-refractivity contribution is -0.139. The van der Waals surface area contributed by atoms with Gasteiger partial charge in [0, 0.05) is 22.7 Å². The molecule has 7 nitrogen and oxygen atoms in total. The number of ether oxygens (including phenoxy) is 2. The van der Waals surface area contributed by atoms with Gasteiger partial charge in [-0.05, 0) is 43.7 Å². The lowest BCUT2D eigenvalue weighted by atomic mass is 9.96. The predicted molar refractivity (Wildman–Crippen MR) is 132 cm³/mol. The summed E-state index contributed by atoms with van der Waals surface area (Å²) >= 11 is 1.31. The zero-order chi connectivity index (χ0) is 23.8. The minimum absolute atomic E-state index is 0.204. The summed E-state index contributed by atoms with van der Waals surface area (Å²) in [6.07, 6.45) is 3.76. The average molecular weight is 474 g/mol. The molecule has 0 fully saturated rings. The van der Waals surface area contributed by atoms with Crippen molar-refractivity contribution < 1.29 is 14.3 Å². The molecule has 8 heteroatoms. The van der Waals surface area contributed by atoms with Crippen LogP contribution >= 0.6 is 11.3 Å². The molecular formula is C26H23N3O4S. The molecule has 0 saturated heterocycles. The number of rotatable bonds is 5. The first-order valence-electron chi connectivity index (χ1n) is 10.9. The monoisotopic (exact) mass is 473 g/mol. The quantitative estimate of drug-likeness (QED) is 0.451. The molecule has 1 aliphatic heterocycles. The molecule has 1 aliphatic rings.